The van der Waals surface area contributed by atoms with Gasteiger partial charge in [0.1, 0.15) is 5.82 Å². The molecule has 0 saturated carbocycles. The van der Waals surface area contributed by atoms with Gasteiger partial charge in [0.2, 0.25) is 6.23 Å². The molecule has 0 saturated heterocycles. The van der Waals surface area contributed by atoms with Crippen LogP contribution in [0, 0.1) is 17.1 Å². The zero-order valence-electron chi connectivity index (χ0n) is 15.8. The Morgan fingerprint density at radius 1 is 1.34 bits per heavy atom. The van der Waals surface area contributed by atoms with Crippen molar-refractivity contribution < 1.29 is 14.3 Å². The Bertz CT molecular complexity index is 910. The van der Waals surface area contributed by atoms with Crippen molar-refractivity contribution in [3.05, 3.63) is 64.4 Å². The van der Waals surface area contributed by atoms with Crippen molar-refractivity contribution in [1.29, 1.82) is 5.41 Å². The number of hydrogen-bond acceptors (Lipinski definition) is 4. The number of anilines is 1. The summed E-state index contributed by atoms with van der Waals surface area (Å²) in [6.45, 7) is 0.477. The minimum absolute atomic E-state index is 0.00484. The van der Waals surface area contributed by atoms with Crippen molar-refractivity contribution in [3.63, 3.8) is 0 Å². The SMILES string of the molecule is CNC(=N)NC[C@H]1Cc2ccccc2[C@@H]1NC(=O)C(O)Nc1ccc(Cl)c(F)c1. The van der Waals surface area contributed by atoms with Crippen LogP contribution in [0.4, 0.5) is 10.1 Å². The number of carbonyl (C=O) groups is 1. The van der Waals surface area contributed by atoms with Crippen molar-refractivity contribution >= 4 is 29.2 Å². The average molecular weight is 420 g/mol. The molecule has 1 amide bonds. The summed E-state index contributed by atoms with van der Waals surface area (Å²) < 4.78 is 13.6. The molecule has 2 aromatic rings. The number of rotatable bonds is 6. The molecule has 0 radical (unpaired) electrons. The van der Waals surface area contributed by atoms with Gasteiger partial charge in [-0.3, -0.25) is 10.2 Å². The summed E-state index contributed by atoms with van der Waals surface area (Å²) in [4.78, 5) is 12.6. The highest BCUT2D eigenvalue weighted by atomic mass is 35.5. The van der Waals surface area contributed by atoms with Gasteiger partial charge in [-0.15, -0.1) is 0 Å². The van der Waals surface area contributed by atoms with Gasteiger partial charge in [-0.1, -0.05) is 35.9 Å². The monoisotopic (exact) mass is 419 g/mol. The third-order valence-corrected chi connectivity index (χ3v) is 5.21. The number of fused-ring (bicyclic) bond motifs is 1. The van der Waals surface area contributed by atoms with E-state index in [1.165, 1.54) is 12.1 Å². The summed E-state index contributed by atoms with van der Waals surface area (Å²) in [5, 5.41) is 29.0. The molecule has 7 nitrogen and oxygen atoms in total. The summed E-state index contributed by atoms with van der Waals surface area (Å²) in [6.07, 6.45) is -0.829. The molecule has 0 aliphatic heterocycles. The number of aliphatic hydroxyl groups excluding tert-OH is 1. The molecule has 0 aromatic heterocycles. The molecule has 0 fully saturated rings. The first kappa shape index (κ1) is 20.9. The van der Waals surface area contributed by atoms with E-state index in [1.54, 1.807) is 7.05 Å². The van der Waals surface area contributed by atoms with E-state index in [2.05, 4.69) is 21.3 Å². The molecule has 3 atom stereocenters. The number of carbonyl (C=O) groups excluding carboxylic acids is 1. The maximum Gasteiger partial charge on any atom is 0.270 e. The largest absolute Gasteiger partial charge is 0.366 e. The van der Waals surface area contributed by atoms with Crippen LogP contribution in [0.5, 0.6) is 0 Å². The molecule has 6 N–H and O–H groups in total. The molecule has 1 aliphatic rings. The molecule has 29 heavy (non-hydrogen) atoms. The van der Waals surface area contributed by atoms with Crippen molar-refractivity contribution in [2.45, 2.75) is 18.7 Å². The summed E-state index contributed by atoms with van der Waals surface area (Å²) in [7, 11) is 1.65. The summed E-state index contributed by atoms with van der Waals surface area (Å²) in [5.41, 5.74) is 2.33. The predicted molar refractivity (Wildman–Crippen MR) is 110 cm³/mol. The van der Waals surface area contributed by atoms with Gasteiger partial charge in [-0.2, -0.15) is 0 Å². The van der Waals surface area contributed by atoms with Gasteiger partial charge in [0.05, 0.1) is 11.1 Å². The zero-order valence-corrected chi connectivity index (χ0v) is 16.6. The second-order valence-electron chi connectivity index (χ2n) is 6.83. The Morgan fingerprint density at radius 2 is 2.10 bits per heavy atom. The Morgan fingerprint density at radius 3 is 2.83 bits per heavy atom. The third kappa shape index (κ3) is 4.96. The van der Waals surface area contributed by atoms with Gasteiger partial charge in [-0.05, 0) is 35.7 Å². The zero-order chi connectivity index (χ0) is 21.0. The highest BCUT2D eigenvalue weighted by Gasteiger charge is 2.34. The Kier molecular flexibility index (Phi) is 6.56. The topological polar surface area (TPSA) is 109 Å². The lowest BCUT2D eigenvalue weighted by Crippen LogP contribution is -2.45. The van der Waals surface area contributed by atoms with Crippen LogP contribution in [0.3, 0.4) is 0 Å². The Labute approximate surface area is 173 Å². The summed E-state index contributed by atoms with van der Waals surface area (Å²) >= 11 is 5.65. The normalized spacial score (nSPS) is 18.5. The van der Waals surface area contributed by atoms with Gasteiger partial charge >= 0.3 is 0 Å². The van der Waals surface area contributed by atoms with Gasteiger partial charge in [-0.25, -0.2) is 4.39 Å². The minimum Gasteiger partial charge on any atom is -0.366 e. The first-order valence-corrected chi connectivity index (χ1v) is 9.55. The van der Waals surface area contributed by atoms with E-state index in [4.69, 9.17) is 17.0 Å². The lowest BCUT2D eigenvalue weighted by atomic mass is 10.0. The second-order valence-corrected chi connectivity index (χ2v) is 7.24. The fourth-order valence-corrected chi connectivity index (χ4v) is 3.54. The lowest BCUT2D eigenvalue weighted by molar-refractivity contribution is -0.129. The summed E-state index contributed by atoms with van der Waals surface area (Å²) in [6, 6.07) is 11.4. The molecule has 3 rings (SSSR count). The quantitative estimate of drug-likeness (QED) is 0.244. The van der Waals surface area contributed by atoms with E-state index in [9.17, 15) is 14.3 Å². The second kappa shape index (κ2) is 9.11. The lowest BCUT2D eigenvalue weighted by Gasteiger charge is -2.24. The highest BCUT2D eigenvalue weighted by molar-refractivity contribution is 6.30. The van der Waals surface area contributed by atoms with E-state index in [-0.39, 0.29) is 28.6 Å². The van der Waals surface area contributed by atoms with E-state index in [0.29, 0.717) is 6.54 Å². The number of guanidine groups is 1. The molecule has 1 aliphatic carbocycles. The van der Waals surface area contributed by atoms with E-state index in [0.717, 1.165) is 23.6 Å². The molecule has 2 aromatic carbocycles. The van der Waals surface area contributed by atoms with Crippen molar-refractivity contribution in [1.82, 2.24) is 16.0 Å². The van der Waals surface area contributed by atoms with Crippen LogP contribution in [-0.4, -0.2) is 36.8 Å². The number of aliphatic hydroxyl groups is 1. The average Bonchev–Trinajstić information content (AvgIpc) is 3.06. The predicted octanol–water partition coefficient (Wildman–Crippen LogP) is 1.98. The van der Waals surface area contributed by atoms with Crippen LogP contribution >= 0.6 is 11.6 Å². The highest BCUT2D eigenvalue weighted by Crippen LogP contribution is 2.35. The van der Waals surface area contributed by atoms with Crippen molar-refractivity contribution in [2.75, 3.05) is 18.9 Å². The number of hydrogen-bond donors (Lipinski definition) is 6. The number of amides is 1. The van der Waals surface area contributed by atoms with Gasteiger partial charge in [0, 0.05) is 25.2 Å². The molecule has 154 valence electrons. The number of nitrogens with one attached hydrogen (secondary N) is 5. The van der Waals surface area contributed by atoms with Crippen LogP contribution in [-0.2, 0) is 11.2 Å². The molecule has 1 unspecified atom stereocenters. The number of benzene rings is 2. The smallest absolute Gasteiger partial charge is 0.270 e. The first-order chi connectivity index (χ1) is 13.9. The van der Waals surface area contributed by atoms with Gasteiger partial charge in [0.15, 0.2) is 5.96 Å². The molecule has 0 spiro atoms. The Hall–Kier alpha value is -2.84. The third-order valence-electron chi connectivity index (χ3n) is 4.90. The Balaban J connectivity index is 1.69. The summed E-state index contributed by atoms with van der Waals surface area (Å²) in [5.74, 6) is -1.08. The maximum atomic E-state index is 13.6. The molecular weight excluding hydrogens is 397 g/mol. The molecular formula is C20H23ClFN5O2. The minimum atomic E-state index is -1.56. The molecule has 0 bridgehead atoms. The van der Waals surface area contributed by atoms with Crippen LogP contribution in [0.15, 0.2) is 42.5 Å². The standard InChI is InChI=1S/C20H23ClFN5O2/c1-24-20(23)25-10-12-8-11-4-2-3-5-14(11)17(12)27-19(29)18(28)26-13-6-7-15(21)16(22)9-13/h2-7,9,12,17-18,26,28H,8,10H2,1H3,(H,27,29)(H3,23,24,25)/t12-,17-,18?/m1/s1. The fourth-order valence-electron chi connectivity index (χ4n) is 3.43. The van der Waals surface area contributed by atoms with Crippen LogP contribution in [0.1, 0.15) is 17.2 Å². The van der Waals surface area contributed by atoms with Crippen LogP contribution in [0.25, 0.3) is 0 Å². The van der Waals surface area contributed by atoms with E-state index < -0.39 is 18.0 Å². The fraction of sp³-hybridized carbons (Fsp3) is 0.300. The van der Waals surface area contributed by atoms with Crippen molar-refractivity contribution in [2.24, 2.45) is 5.92 Å². The van der Waals surface area contributed by atoms with E-state index >= 15 is 0 Å². The maximum absolute atomic E-state index is 13.6. The van der Waals surface area contributed by atoms with Crippen molar-refractivity contribution in [3.8, 4) is 0 Å². The molecule has 0 heterocycles. The number of halogens is 2. The van der Waals surface area contributed by atoms with Crippen LogP contribution < -0.4 is 21.3 Å². The van der Waals surface area contributed by atoms with Gasteiger partial charge < -0.3 is 26.4 Å². The van der Waals surface area contributed by atoms with E-state index in [1.807, 2.05) is 24.3 Å². The molecule has 9 heteroatoms. The van der Waals surface area contributed by atoms with Crippen LogP contribution in [0.2, 0.25) is 5.02 Å². The van der Waals surface area contributed by atoms with Gasteiger partial charge in [0.25, 0.3) is 5.91 Å². The first-order valence-electron chi connectivity index (χ1n) is 9.17.